The maximum absolute atomic E-state index is 6.21. The van der Waals surface area contributed by atoms with Crippen LogP contribution in [0.25, 0.3) is 44.5 Å². The third-order valence-electron chi connectivity index (χ3n) is 5.58. The number of ether oxygens (including phenoxy) is 1. The van der Waals surface area contributed by atoms with Gasteiger partial charge in [0.1, 0.15) is 11.3 Å². The fourth-order valence-electron chi connectivity index (χ4n) is 3.92. The minimum Gasteiger partial charge on any atom is -0.493 e. The number of rotatable bonds is 7. The van der Waals surface area contributed by atoms with Gasteiger partial charge in [-0.05, 0) is 66.7 Å². The summed E-state index contributed by atoms with van der Waals surface area (Å²) in [5.41, 5.74) is 4.77. The molecule has 0 spiro atoms. The van der Waals surface area contributed by atoms with E-state index in [1.807, 2.05) is 36.4 Å². The molecular weight excluding hydrogens is 432 g/mol. The van der Waals surface area contributed by atoms with E-state index in [0.29, 0.717) is 12.5 Å². The van der Waals surface area contributed by atoms with E-state index in [1.165, 1.54) is 0 Å². The number of benzene rings is 4. The van der Waals surface area contributed by atoms with Crippen LogP contribution in [-0.2, 0) is 0 Å². The molecule has 0 N–H and O–H groups in total. The minimum absolute atomic E-state index is 0. The van der Waals surface area contributed by atoms with Gasteiger partial charge < -0.3 is 14.1 Å². The lowest BCUT2D eigenvalue weighted by Crippen LogP contribution is -2.15. The van der Waals surface area contributed by atoms with Gasteiger partial charge in [0.05, 0.1) is 12.2 Å². The molecule has 0 radical (unpaired) electrons. The summed E-state index contributed by atoms with van der Waals surface area (Å²) in [4.78, 5) is 7.00. The van der Waals surface area contributed by atoms with Crippen LogP contribution in [0.3, 0.4) is 0 Å². The lowest BCUT2D eigenvalue weighted by molar-refractivity contribution is 0.282. The van der Waals surface area contributed by atoms with Gasteiger partial charge >= 0.3 is 0 Å². The Morgan fingerprint density at radius 3 is 2.30 bits per heavy atom. The lowest BCUT2D eigenvalue weighted by Gasteiger charge is -2.13. The van der Waals surface area contributed by atoms with Crippen LogP contribution < -0.4 is 4.74 Å². The van der Waals surface area contributed by atoms with Crippen molar-refractivity contribution in [3.05, 3.63) is 84.9 Å². The van der Waals surface area contributed by atoms with Crippen molar-refractivity contribution in [1.82, 2.24) is 9.88 Å². The molecular formula is C28H27ClN2O2. The van der Waals surface area contributed by atoms with E-state index >= 15 is 0 Å². The van der Waals surface area contributed by atoms with Crippen molar-refractivity contribution in [3.63, 3.8) is 0 Å². The molecule has 0 aliphatic heterocycles. The predicted molar refractivity (Wildman–Crippen MR) is 138 cm³/mol. The van der Waals surface area contributed by atoms with E-state index in [9.17, 15) is 0 Å². The third kappa shape index (κ3) is 5.03. The van der Waals surface area contributed by atoms with Gasteiger partial charge in [-0.15, -0.1) is 12.4 Å². The summed E-state index contributed by atoms with van der Waals surface area (Å²) in [5.74, 6) is 1.39. The van der Waals surface area contributed by atoms with Gasteiger partial charge in [-0.25, -0.2) is 4.98 Å². The van der Waals surface area contributed by atoms with Gasteiger partial charge in [-0.3, -0.25) is 0 Å². The number of halogens is 1. The normalized spacial score (nSPS) is 11.1. The average Bonchev–Trinajstić information content (AvgIpc) is 3.25. The van der Waals surface area contributed by atoms with Crippen LogP contribution in [-0.4, -0.2) is 37.1 Å². The SMILES string of the molecule is CN(C)CCCOc1cc2ccccc2cc1-c1nc2cc(-c3ccccc3)ccc2o1.Cl. The van der Waals surface area contributed by atoms with Gasteiger partial charge in [-0.1, -0.05) is 60.7 Å². The molecule has 4 aromatic carbocycles. The molecule has 1 heterocycles. The first-order chi connectivity index (χ1) is 15.7. The van der Waals surface area contributed by atoms with Crippen molar-refractivity contribution in [3.8, 4) is 28.3 Å². The molecule has 168 valence electrons. The van der Waals surface area contributed by atoms with Gasteiger partial charge in [0, 0.05) is 6.54 Å². The van der Waals surface area contributed by atoms with Crippen LogP contribution >= 0.6 is 12.4 Å². The Morgan fingerprint density at radius 2 is 1.55 bits per heavy atom. The number of hydrogen-bond donors (Lipinski definition) is 0. The number of aromatic nitrogens is 1. The standard InChI is InChI=1S/C28H26N2O2.ClH/c1-30(2)15-8-16-31-27-19-22-12-7-6-11-21(22)17-24(27)28-29-25-18-23(13-14-26(25)32-28)20-9-4-3-5-10-20;/h3-7,9-14,17-19H,8,15-16H2,1-2H3;1H. The number of nitrogens with zero attached hydrogens (tertiary/aromatic N) is 2. The van der Waals surface area contributed by atoms with Crippen molar-refractivity contribution >= 4 is 34.3 Å². The molecule has 0 aliphatic rings. The van der Waals surface area contributed by atoms with Gasteiger partial charge in [0.15, 0.2) is 5.58 Å². The molecule has 0 unspecified atom stereocenters. The molecule has 5 aromatic rings. The second kappa shape index (κ2) is 10.1. The monoisotopic (exact) mass is 458 g/mol. The first-order valence-electron chi connectivity index (χ1n) is 10.9. The van der Waals surface area contributed by atoms with E-state index in [2.05, 4.69) is 67.5 Å². The fraction of sp³-hybridized carbons (Fsp3) is 0.179. The minimum atomic E-state index is 0. The van der Waals surface area contributed by atoms with Gasteiger partial charge in [-0.2, -0.15) is 0 Å². The highest BCUT2D eigenvalue weighted by Gasteiger charge is 2.16. The highest BCUT2D eigenvalue weighted by atomic mass is 35.5. The third-order valence-corrected chi connectivity index (χ3v) is 5.58. The Bertz CT molecular complexity index is 1360. The zero-order valence-corrected chi connectivity index (χ0v) is 19.6. The zero-order chi connectivity index (χ0) is 21.9. The predicted octanol–water partition coefficient (Wildman–Crippen LogP) is 7.07. The molecule has 0 saturated carbocycles. The first kappa shape index (κ1) is 22.8. The van der Waals surface area contributed by atoms with Crippen molar-refractivity contribution in [2.45, 2.75) is 6.42 Å². The number of oxazole rings is 1. The van der Waals surface area contributed by atoms with Gasteiger partial charge in [0.2, 0.25) is 5.89 Å². The Kier molecular flexibility index (Phi) is 6.97. The van der Waals surface area contributed by atoms with Crippen LogP contribution in [0.1, 0.15) is 6.42 Å². The molecule has 5 rings (SSSR count). The Morgan fingerprint density at radius 1 is 0.818 bits per heavy atom. The molecule has 5 heteroatoms. The Hall–Kier alpha value is -3.34. The highest BCUT2D eigenvalue weighted by molar-refractivity contribution is 5.91. The second-order valence-electron chi connectivity index (χ2n) is 8.27. The van der Waals surface area contributed by atoms with E-state index in [-0.39, 0.29) is 12.4 Å². The molecule has 1 aromatic heterocycles. The fourth-order valence-corrected chi connectivity index (χ4v) is 3.92. The van der Waals surface area contributed by atoms with Crippen LogP contribution in [0.15, 0.2) is 89.3 Å². The van der Waals surface area contributed by atoms with Crippen LogP contribution in [0.4, 0.5) is 0 Å². The average molecular weight is 459 g/mol. The summed E-state index contributed by atoms with van der Waals surface area (Å²) >= 11 is 0. The summed E-state index contributed by atoms with van der Waals surface area (Å²) in [5, 5.41) is 2.27. The van der Waals surface area contributed by atoms with Crippen LogP contribution in [0.2, 0.25) is 0 Å². The topological polar surface area (TPSA) is 38.5 Å². The van der Waals surface area contributed by atoms with Crippen molar-refractivity contribution in [2.75, 3.05) is 27.2 Å². The van der Waals surface area contributed by atoms with Crippen LogP contribution in [0, 0.1) is 0 Å². The Labute approximate surface area is 200 Å². The molecule has 4 nitrogen and oxygen atoms in total. The maximum atomic E-state index is 6.21. The summed E-state index contributed by atoms with van der Waals surface area (Å²) in [6.45, 7) is 1.62. The highest BCUT2D eigenvalue weighted by Crippen LogP contribution is 2.36. The Balaban J connectivity index is 0.00000259. The summed E-state index contributed by atoms with van der Waals surface area (Å²) < 4.78 is 12.4. The number of hydrogen-bond acceptors (Lipinski definition) is 4. The zero-order valence-electron chi connectivity index (χ0n) is 18.8. The van der Waals surface area contributed by atoms with Crippen LogP contribution in [0.5, 0.6) is 5.75 Å². The van der Waals surface area contributed by atoms with E-state index in [0.717, 1.165) is 57.3 Å². The quantitative estimate of drug-likeness (QED) is 0.244. The van der Waals surface area contributed by atoms with Crippen molar-refractivity contribution in [1.29, 1.82) is 0 Å². The first-order valence-corrected chi connectivity index (χ1v) is 10.9. The van der Waals surface area contributed by atoms with Crippen molar-refractivity contribution < 1.29 is 9.15 Å². The lowest BCUT2D eigenvalue weighted by atomic mass is 10.1. The molecule has 0 amide bonds. The summed E-state index contributed by atoms with van der Waals surface area (Å²) in [7, 11) is 4.15. The largest absolute Gasteiger partial charge is 0.493 e. The van der Waals surface area contributed by atoms with Crippen molar-refractivity contribution in [2.24, 2.45) is 0 Å². The number of fused-ring (bicyclic) bond motifs is 2. The second-order valence-corrected chi connectivity index (χ2v) is 8.27. The molecule has 0 atom stereocenters. The molecule has 0 aliphatic carbocycles. The summed E-state index contributed by atoms with van der Waals surface area (Å²) in [6, 6.07) is 29.0. The van der Waals surface area contributed by atoms with E-state index in [1.54, 1.807) is 0 Å². The molecule has 0 fully saturated rings. The molecule has 0 bridgehead atoms. The van der Waals surface area contributed by atoms with E-state index < -0.39 is 0 Å². The summed E-state index contributed by atoms with van der Waals surface area (Å²) in [6.07, 6.45) is 0.952. The smallest absolute Gasteiger partial charge is 0.231 e. The maximum Gasteiger partial charge on any atom is 0.231 e. The van der Waals surface area contributed by atoms with E-state index in [4.69, 9.17) is 14.1 Å². The molecule has 33 heavy (non-hydrogen) atoms. The van der Waals surface area contributed by atoms with Gasteiger partial charge in [0.25, 0.3) is 0 Å². The molecule has 0 saturated heterocycles.